The number of rotatable bonds is 3. The van der Waals surface area contributed by atoms with Crippen molar-refractivity contribution in [1.82, 2.24) is 5.32 Å². The molecule has 2 N–H and O–H groups in total. The smallest absolute Gasteiger partial charge is 0.407 e. The Kier molecular flexibility index (Phi) is 2.70. The maximum absolute atomic E-state index is 10.8. The minimum atomic E-state index is -0.422. The molecule has 1 unspecified atom stereocenters. The second kappa shape index (κ2) is 3.57. The van der Waals surface area contributed by atoms with E-state index in [0.29, 0.717) is 0 Å². The van der Waals surface area contributed by atoms with Crippen LogP contribution in [0.4, 0.5) is 4.79 Å². The van der Waals surface area contributed by atoms with Gasteiger partial charge >= 0.3 is 6.09 Å². The molecule has 0 aromatic rings. The molecule has 0 aliphatic heterocycles. The number of aliphatic hydroxyl groups excluding tert-OH is 1. The maximum atomic E-state index is 10.8. The third-order valence-electron chi connectivity index (χ3n) is 1.44. The lowest BCUT2D eigenvalue weighted by Crippen LogP contribution is -2.35. The van der Waals surface area contributed by atoms with E-state index in [-0.39, 0.29) is 18.8 Å². The molecule has 1 amide bonds. The first kappa shape index (κ1) is 8.33. The number of alkyl carbamates (subject to hydrolysis) is 1. The molecule has 1 fully saturated rings. The second-order valence-electron chi connectivity index (χ2n) is 2.83. The fourth-order valence-electron chi connectivity index (χ4n) is 0.618. The Morgan fingerprint density at radius 1 is 1.82 bits per heavy atom. The van der Waals surface area contributed by atoms with Crippen molar-refractivity contribution in [3.63, 3.8) is 0 Å². The molecule has 1 aliphatic carbocycles. The van der Waals surface area contributed by atoms with Crippen molar-refractivity contribution < 1.29 is 14.6 Å². The molecule has 0 saturated heterocycles. The average molecular weight is 159 g/mol. The van der Waals surface area contributed by atoms with Crippen LogP contribution in [0.25, 0.3) is 0 Å². The number of aliphatic hydroxyl groups is 1. The Balaban J connectivity index is 2.08. The van der Waals surface area contributed by atoms with Crippen LogP contribution in [-0.4, -0.2) is 30.0 Å². The highest BCUT2D eigenvalue weighted by Crippen LogP contribution is 2.23. The molecule has 0 spiro atoms. The molecule has 1 atom stereocenters. The predicted octanol–water partition coefficient (Wildman–Crippen LogP) is 0.256. The summed E-state index contributed by atoms with van der Waals surface area (Å²) in [7, 11) is 0. The number of carbonyl (C=O) groups is 1. The fraction of sp³-hybridized carbons (Fsp3) is 0.857. The second-order valence-corrected chi connectivity index (χ2v) is 2.83. The summed E-state index contributed by atoms with van der Waals surface area (Å²) in [4.78, 5) is 10.8. The van der Waals surface area contributed by atoms with Crippen LogP contribution in [0.1, 0.15) is 19.8 Å². The number of nitrogens with one attached hydrogen (secondary N) is 1. The molecule has 64 valence electrons. The van der Waals surface area contributed by atoms with Gasteiger partial charge in [-0.05, 0) is 19.8 Å². The Labute approximate surface area is 65.5 Å². The van der Waals surface area contributed by atoms with Gasteiger partial charge in [0.15, 0.2) is 0 Å². The van der Waals surface area contributed by atoms with Gasteiger partial charge in [0.05, 0.1) is 12.6 Å². The number of amides is 1. The lowest BCUT2D eigenvalue weighted by Gasteiger charge is -2.10. The normalized spacial score (nSPS) is 19.1. The first-order valence-corrected chi connectivity index (χ1v) is 3.80. The van der Waals surface area contributed by atoms with E-state index in [9.17, 15) is 4.79 Å². The zero-order valence-electron chi connectivity index (χ0n) is 6.54. The molecular weight excluding hydrogens is 146 g/mol. The first-order chi connectivity index (χ1) is 5.22. The van der Waals surface area contributed by atoms with Crippen molar-refractivity contribution in [2.24, 2.45) is 0 Å². The fourth-order valence-corrected chi connectivity index (χ4v) is 0.618. The van der Waals surface area contributed by atoms with Gasteiger partial charge in [-0.25, -0.2) is 4.79 Å². The summed E-state index contributed by atoms with van der Waals surface area (Å²) in [5, 5.41) is 11.1. The van der Waals surface area contributed by atoms with Gasteiger partial charge in [-0.3, -0.25) is 0 Å². The SMILES string of the molecule is CC(CO)NC(=O)OC1CC1. The number of hydrogen-bond acceptors (Lipinski definition) is 3. The van der Waals surface area contributed by atoms with Crippen LogP contribution in [0.15, 0.2) is 0 Å². The predicted molar refractivity (Wildman–Crippen MR) is 39.2 cm³/mol. The molecule has 1 aliphatic rings. The van der Waals surface area contributed by atoms with Gasteiger partial charge in [0.2, 0.25) is 0 Å². The number of ether oxygens (including phenoxy) is 1. The molecule has 0 aromatic heterocycles. The zero-order chi connectivity index (χ0) is 8.27. The van der Waals surface area contributed by atoms with E-state index in [0.717, 1.165) is 12.8 Å². The van der Waals surface area contributed by atoms with E-state index in [1.165, 1.54) is 0 Å². The first-order valence-electron chi connectivity index (χ1n) is 3.80. The van der Waals surface area contributed by atoms with Crippen LogP contribution < -0.4 is 5.32 Å². The summed E-state index contributed by atoms with van der Waals surface area (Å²) < 4.78 is 4.87. The Morgan fingerprint density at radius 3 is 2.91 bits per heavy atom. The molecule has 0 aromatic carbocycles. The minimum absolute atomic E-state index is 0.0558. The van der Waals surface area contributed by atoms with Crippen molar-refractivity contribution in [3.05, 3.63) is 0 Å². The van der Waals surface area contributed by atoms with E-state index >= 15 is 0 Å². The molecule has 0 radical (unpaired) electrons. The minimum Gasteiger partial charge on any atom is -0.446 e. The molecular formula is C7H13NO3. The van der Waals surface area contributed by atoms with Gasteiger partial charge in [0.25, 0.3) is 0 Å². The van der Waals surface area contributed by atoms with Gasteiger partial charge in [-0.1, -0.05) is 0 Å². The summed E-state index contributed by atoms with van der Waals surface area (Å²) in [5.41, 5.74) is 0. The summed E-state index contributed by atoms with van der Waals surface area (Å²) >= 11 is 0. The molecule has 0 bridgehead atoms. The van der Waals surface area contributed by atoms with Crippen LogP contribution in [0.3, 0.4) is 0 Å². The maximum Gasteiger partial charge on any atom is 0.407 e. The topological polar surface area (TPSA) is 58.6 Å². The van der Waals surface area contributed by atoms with Crippen LogP contribution >= 0.6 is 0 Å². The van der Waals surface area contributed by atoms with E-state index in [2.05, 4.69) is 5.32 Å². The molecule has 1 rings (SSSR count). The zero-order valence-corrected chi connectivity index (χ0v) is 6.54. The Bertz CT molecular complexity index is 145. The highest BCUT2D eigenvalue weighted by Gasteiger charge is 2.26. The largest absolute Gasteiger partial charge is 0.446 e. The summed E-state index contributed by atoms with van der Waals surface area (Å²) in [6.07, 6.45) is 1.65. The van der Waals surface area contributed by atoms with Crippen LogP contribution in [0.5, 0.6) is 0 Å². The van der Waals surface area contributed by atoms with Crippen LogP contribution in [0.2, 0.25) is 0 Å². The Hall–Kier alpha value is -0.770. The number of carbonyl (C=O) groups excluding carboxylic acids is 1. The van der Waals surface area contributed by atoms with Crippen molar-refractivity contribution in [3.8, 4) is 0 Å². The van der Waals surface area contributed by atoms with Gasteiger partial charge in [-0.15, -0.1) is 0 Å². The van der Waals surface area contributed by atoms with Crippen LogP contribution in [-0.2, 0) is 4.74 Å². The quantitative estimate of drug-likeness (QED) is 0.620. The monoisotopic (exact) mass is 159 g/mol. The van der Waals surface area contributed by atoms with Gasteiger partial charge in [0, 0.05) is 0 Å². The highest BCUT2D eigenvalue weighted by atomic mass is 16.6. The third kappa shape index (κ3) is 3.23. The number of hydrogen-bond donors (Lipinski definition) is 2. The van der Waals surface area contributed by atoms with Gasteiger partial charge < -0.3 is 15.2 Å². The van der Waals surface area contributed by atoms with Crippen molar-refractivity contribution in [2.75, 3.05) is 6.61 Å². The molecule has 1 saturated carbocycles. The van der Waals surface area contributed by atoms with Gasteiger partial charge in [0.1, 0.15) is 6.10 Å². The summed E-state index contributed by atoms with van der Waals surface area (Å²) in [6.45, 7) is 1.66. The van der Waals surface area contributed by atoms with E-state index in [1.54, 1.807) is 6.92 Å². The lowest BCUT2D eigenvalue weighted by atomic mass is 10.4. The summed E-state index contributed by atoms with van der Waals surface area (Å²) in [6, 6.07) is -0.221. The van der Waals surface area contributed by atoms with E-state index in [4.69, 9.17) is 9.84 Å². The van der Waals surface area contributed by atoms with Crippen LogP contribution in [0, 0.1) is 0 Å². The molecule has 4 nitrogen and oxygen atoms in total. The average Bonchev–Trinajstić information content (AvgIpc) is 2.71. The van der Waals surface area contributed by atoms with Crippen molar-refractivity contribution in [1.29, 1.82) is 0 Å². The molecule has 4 heteroatoms. The standard InChI is InChI=1S/C7H13NO3/c1-5(4-9)8-7(10)11-6-2-3-6/h5-6,9H,2-4H2,1H3,(H,8,10). The van der Waals surface area contributed by atoms with E-state index < -0.39 is 6.09 Å². The van der Waals surface area contributed by atoms with Crippen molar-refractivity contribution >= 4 is 6.09 Å². The van der Waals surface area contributed by atoms with E-state index in [1.807, 2.05) is 0 Å². The lowest BCUT2D eigenvalue weighted by molar-refractivity contribution is 0.130. The third-order valence-corrected chi connectivity index (χ3v) is 1.44. The highest BCUT2D eigenvalue weighted by molar-refractivity contribution is 5.67. The van der Waals surface area contributed by atoms with Gasteiger partial charge in [-0.2, -0.15) is 0 Å². The molecule has 11 heavy (non-hydrogen) atoms. The Morgan fingerprint density at radius 2 is 2.45 bits per heavy atom. The molecule has 0 heterocycles. The summed E-state index contributed by atoms with van der Waals surface area (Å²) in [5.74, 6) is 0. The van der Waals surface area contributed by atoms with Crippen molar-refractivity contribution in [2.45, 2.75) is 31.9 Å².